The molecule has 0 spiro atoms. The molecular formula is C8H12N6O2S2. The highest BCUT2D eigenvalue weighted by Gasteiger charge is 2.09. The van der Waals surface area contributed by atoms with E-state index in [1.54, 1.807) is 0 Å². The molecule has 0 atom stereocenters. The minimum atomic E-state index is -3.49. The molecular weight excluding hydrogens is 276 g/mol. The predicted molar refractivity (Wildman–Crippen MR) is 71.7 cm³/mol. The molecule has 0 aliphatic carbocycles. The van der Waals surface area contributed by atoms with E-state index < -0.39 is 10.0 Å². The summed E-state index contributed by atoms with van der Waals surface area (Å²) < 4.78 is 21.7. The van der Waals surface area contributed by atoms with E-state index in [-0.39, 0.29) is 18.2 Å². The largest absolute Gasteiger partial charge is 0.368 e. The van der Waals surface area contributed by atoms with Crippen LogP contribution in [-0.2, 0) is 10.0 Å². The number of fused-ring (bicyclic) bond motifs is 1. The Morgan fingerprint density at radius 2 is 2.17 bits per heavy atom. The van der Waals surface area contributed by atoms with Crippen LogP contribution in [0.3, 0.4) is 0 Å². The zero-order valence-electron chi connectivity index (χ0n) is 9.25. The number of primary sulfonamides is 1. The molecule has 0 unspecified atom stereocenters. The Balaban J connectivity index is 2.23. The number of nitrogens with zero attached hydrogens (tertiary/aromatic N) is 2. The van der Waals surface area contributed by atoms with Crippen molar-refractivity contribution in [3.8, 4) is 0 Å². The molecule has 10 heteroatoms. The summed E-state index contributed by atoms with van der Waals surface area (Å²) in [5.74, 6) is 5.88. The summed E-state index contributed by atoms with van der Waals surface area (Å²) in [4.78, 5) is 9.04. The van der Waals surface area contributed by atoms with E-state index >= 15 is 0 Å². The highest BCUT2D eigenvalue weighted by molar-refractivity contribution is 7.89. The summed E-state index contributed by atoms with van der Waals surface area (Å²) in [6.45, 7) is 0.171. The number of aromatic nitrogens is 2. The number of hydrazine groups is 1. The van der Waals surface area contributed by atoms with Crippen molar-refractivity contribution in [3.05, 3.63) is 11.4 Å². The van der Waals surface area contributed by atoms with Crippen LogP contribution >= 0.6 is 11.3 Å². The van der Waals surface area contributed by atoms with Crippen LogP contribution in [-0.4, -0.2) is 30.7 Å². The molecule has 0 bridgehead atoms. The molecule has 0 saturated heterocycles. The number of anilines is 2. The van der Waals surface area contributed by atoms with Crippen LogP contribution in [0.4, 0.5) is 11.8 Å². The van der Waals surface area contributed by atoms with Crippen LogP contribution in [0.2, 0.25) is 0 Å². The number of rotatable bonds is 5. The van der Waals surface area contributed by atoms with E-state index in [1.807, 2.05) is 11.4 Å². The number of hydrogen-bond donors (Lipinski definition) is 4. The van der Waals surface area contributed by atoms with Gasteiger partial charge in [0, 0.05) is 6.54 Å². The number of nitrogen functional groups attached to an aromatic ring is 1. The van der Waals surface area contributed by atoms with Gasteiger partial charge >= 0.3 is 0 Å². The maximum absolute atomic E-state index is 10.8. The van der Waals surface area contributed by atoms with Crippen molar-refractivity contribution in [2.75, 3.05) is 23.0 Å². The average Bonchev–Trinajstić information content (AvgIpc) is 2.75. The Labute approximate surface area is 107 Å². The summed E-state index contributed by atoms with van der Waals surface area (Å²) in [5, 5.41) is 10.5. The summed E-state index contributed by atoms with van der Waals surface area (Å²) in [6.07, 6.45) is 0. The van der Waals surface area contributed by atoms with Crippen LogP contribution in [0, 0.1) is 0 Å². The van der Waals surface area contributed by atoms with Crippen molar-refractivity contribution in [1.82, 2.24) is 9.97 Å². The third-order valence-corrected chi connectivity index (χ3v) is 3.71. The first kappa shape index (κ1) is 13.0. The monoisotopic (exact) mass is 288 g/mol. The topological polar surface area (TPSA) is 136 Å². The van der Waals surface area contributed by atoms with Gasteiger partial charge < -0.3 is 5.32 Å². The SMILES string of the molecule is NNc1nc(NCCS(N)(=O)=O)c2ccsc2n1. The number of nitrogens with one attached hydrogen (secondary N) is 2. The lowest BCUT2D eigenvalue weighted by Crippen LogP contribution is -2.23. The van der Waals surface area contributed by atoms with Crippen molar-refractivity contribution in [3.63, 3.8) is 0 Å². The van der Waals surface area contributed by atoms with Crippen molar-refractivity contribution in [1.29, 1.82) is 0 Å². The van der Waals surface area contributed by atoms with E-state index in [9.17, 15) is 8.42 Å². The molecule has 0 amide bonds. The second-order valence-corrected chi connectivity index (χ2v) is 6.10. The van der Waals surface area contributed by atoms with Crippen LogP contribution < -0.4 is 21.7 Å². The fourth-order valence-electron chi connectivity index (χ4n) is 1.37. The van der Waals surface area contributed by atoms with Gasteiger partial charge in [-0.3, -0.25) is 5.43 Å². The molecule has 2 aromatic heterocycles. The summed E-state index contributed by atoms with van der Waals surface area (Å²) >= 11 is 1.44. The Bertz CT molecular complexity index is 653. The van der Waals surface area contributed by atoms with E-state index in [2.05, 4.69) is 20.7 Å². The van der Waals surface area contributed by atoms with Gasteiger partial charge in [0.1, 0.15) is 10.6 Å². The molecule has 2 aromatic rings. The molecule has 0 fully saturated rings. The van der Waals surface area contributed by atoms with Gasteiger partial charge in [0.25, 0.3) is 0 Å². The van der Waals surface area contributed by atoms with Crippen molar-refractivity contribution >= 4 is 43.3 Å². The minimum absolute atomic E-state index is 0.171. The molecule has 18 heavy (non-hydrogen) atoms. The van der Waals surface area contributed by atoms with E-state index in [1.165, 1.54) is 11.3 Å². The van der Waals surface area contributed by atoms with Gasteiger partial charge in [0.15, 0.2) is 0 Å². The third kappa shape index (κ3) is 3.04. The Hall–Kier alpha value is -1.49. The number of sulfonamides is 1. The Morgan fingerprint density at radius 1 is 1.39 bits per heavy atom. The first-order valence-electron chi connectivity index (χ1n) is 4.96. The van der Waals surface area contributed by atoms with Crippen LogP contribution in [0.5, 0.6) is 0 Å². The summed E-state index contributed by atoms with van der Waals surface area (Å²) in [7, 11) is -3.49. The average molecular weight is 288 g/mol. The van der Waals surface area contributed by atoms with Crippen molar-refractivity contribution in [2.24, 2.45) is 11.0 Å². The zero-order valence-corrected chi connectivity index (χ0v) is 10.9. The van der Waals surface area contributed by atoms with Gasteiger partial charge in [-0.05, 0) is 11.4 Å². The maximum Gasteiger partial charge on any atom is 0.240 e. The maximum atomic E-state index is 10.8. The first-order chi connectivity index (χ1) is 8.49. The Morgan fingerprint density at radius 3 is 2.83 bits per heavy atom. The zero-order chi connectivity index (χ0) is 13.2. The molecule has 0 radical (unpaired) electrons. The summed E-state index contributed by atoms with van der Waals surface area (Å²) in [5.41, 5.74) is 2.36. The van der Waals surface area contributed by atoms with Gasteiger partial charge in [-0.15, -0.1) is 11.3 Å². The highest BCUT2D eigenvalue weighted by atomic mass is 32.2. The standard InChI is InChI=1S/C8H12N6O2S2/c9-14-8-12-6(11-2-4-18(10,15)16)5-1-3-17-7(5)13-8/h1,3H,2,4,9H2,(H2,10,15,16)(H2,11,12,13,14). The summed E-state index contributed by atoms with van der Waals surface area (Å²) in [6, 6.07) is 1.85. The normalized spacial score (nSPS) is 11.7. The highest BCUT2D eigenvalue weighted by Crippen LogP contribution is 2.25. The minimum Gasteiger partial charge on any atom is -0.368 e. The van der Waals surface area contributed by atoms with E-state index in [4.69, 9.17) is 11.0 Å². The quantitative estimate of drug-likeness (QED) is 0.437. The second-order valence-electron chi connectivity index (χ2n) is 3.47. The van der Waals surface area contributed by atoms with Gasteiger partial charge in [0.05, 0.1) is 11.1 Å². The lowest BCUT2D eigenvalue weighted by atomic mass is 10.4. The molecule has 8 nitrogen and oxygen atoms in total. The molecule has 0 saturated carbocycles. The van der Waals surface area contributed by atoms with E-state index in [0.29, 0.717) is 5.82 Å². The number of thiophene rings is 1. The number of hydrogen-bond acceptors (Lipinski definition) is 8. The smallest absolute Gasteiger partial charge is 0.240 e. The first-order valence-corrected chi connectivity index (χ1v) is 7.55. The van der Waals surface area contributed by atoms with Crippen LogP contribution in [0.15, 0.2) is 11.4 Å². The fourth-order valence-corrected chi connectivity index (χ4v) is 2.52. The molecule has 98 valence electrons. The van der Waals surface area contributed by atoms with Crippen molar-refractivity contribution in [2.45, 2.75) is 0 Å². The predicted octanol–water partition coefficient (Wildman–Crippen LogP) is -0.323. The van der Waals surface area contributed by atoms with Crippen LogP contribution in [0.1, 0.15) is 0 Å². The third-order valence-electron chi connectivity index (χ3n) is 2.13. The second kappa shape index (κ2) is 5.02. The van der Waals surface area contributed by atoms with E-state index in [0.717, 1.165) is 10.2 Å². The molecule has 0 aromatic carbocycles. The van der Waals surface area contributed by atoms with Crippen molar-refractivity contribution < 1.29 is 8.42 Å². The molecule has 6 N–H and O–H groups in total. The van der Waals surface area contributed by atoms with Gasteiger partial charge in [-0.25, -0.2) is 24.4 Å². The molecule has 0 aliphatic rings. The lowest BCUT2D eigenvalue weighted by molar-refractivity contribution is 0.598. The van der Waals surface area contributed by atoms with Gasteiger partial charge in [-0.2, -0.15) is 4.98 Å². The lowest BCUT2D eigenvalue weighted by Gasteiger charge is -2.07. The number of nitrogens with two attached hydrogens (primary N) is 2. The fraction of sp³-hybridized carbons (Fsp3) is 0.250. The van der Waals surface area contributed by atoms with Gasteiger partial charge in [-0.1, -0.05) is 0 Å². The molecule has 2 heterocycles. The molecule has 2 rings (SSSR count). The van der Waals surface area contributed by atoms with Crippen LogP contribution in [0.25, 0.3) is 10.2 Å². The molecule has 0 aliphatic heterocycles. The Kier molecular flexibility index (Phi) is 3.61. The van der Waals surface area contributed by atoms with Gasteiger partial charge in [0.2, 0.25) is 16.0 Å².